The SMILES string of the molecule is CCC(NC(=O)c1cn(CC(C)C)cc(C(=O)N2CCCCCC2)c1=O)c1cccs1. The number of hydrogen-bond acceptors (Lipinski definition) is 4. The molecule has 6 nitrogen and oxygen atoms in total. The van der Waals surface area contributed by atoms with Crippen LogP contribution in [0.25, 0.3) is 0 Å². The molecule has 1 atom stereocenters. The minimum Gasteiger partial charge on any atom is -0.352 e. The minimum atomic E-state index is -0.479. The van der Waals surface area contributed by atoms with Crippen molar-refractivity contribution < 1.29 is 9.59 Å². The number of pyridine rings is 1. The van der Waals surface area contributed by atoms with Gasteiger partial charge in [-0.25, -0.2) is 0 Å². The first-order chi connectivity index (χ1) is 14.9. The molecule has 1 saturated heterocycles. The summed E-state index contributed by atoms with van der Waals surface area (Å²) in [6, 6.07) is 3.77. The van der Waals surface area contributed by atoms with Crippen LogP contribution in [0, 0.1) is 5.92 Å². The molecule has 2 amide bonds. The topological polar surface area (TPSA) is 71.4 Å². The van der Waals surface area contributed by atoms with E-state index in [-0.39, 0.29) is 23.1 Å². The molecule has 31 heavy (non-hydrogen) atoms. The Morgan fingerprint density at radius 1 is 1.10 bits per heavy atom. The summed E-state index contributed by atoms with van der Waals surface area (Å²) in [5.41, 5.74) is -0.344. The number of nitrogens with one attached hydrogen (secondary N) is 1. The molecule has 0 aromatic carbocycles. The molecular weight excluding hydrogens is 410 g/mol. The summed E-state index contributed by atoms with van der Waals surface area (Å²) in [6.45, 7) is 8.09. The first-order valence-electron chi connectivity index (χ1n) is 11.3. The Hall–Kier alpha value is -2.41. The molecule has 3 heterocycles. The highest BCUT2D eigenvalue weighted by Gasteiger charge is 2.25. The quantitative estimate of drug-likeness (QED) is 0.687. The first kappa shape index (κ1) is 23.3. The van der Waals surface area contributed by atoms with Gasteiger partial charge in [0.05, 0.1) is 6.04 Å². The van der Waals surface area contributed by atoms with Crippen molar-refractivity contribution in [3.63, 3.8) is 0 Å². The Balaban J connectivity index is 1.94. The van der Waals surface area contributed by atoms with E-state index in [9.17, 15) is 14.4 Å². The summed E-state index contributed by atoms with van der Waals surface area (Å²) >= 11 is 1.58. The third-order valence-corrected chi connectivity index (χ3v) is 6.61. The maximum Gasteiger partial charge on any atom is 0.259 e. The van der Waals surface area contributed by atoms with E-state index in [1.165, 1.54) is 0 Å². The van der Waals surface area contributed by atoms with Crippen molar-refractivity contribution in [2.75, 3.05) is 13.1 Å². The van der Waals surface area contributed by atoms with E-state index in [1.54, 1.807) is 28.6 Å². The molecule has 0 saturated carbocycles. The van der Waals surface area contributed by atoms with Gasteiger partial charge in [-0.1, -0.05) is 39.7 Å². The molecule has 7 heteroatoms. The number of likely N-dealkylation sites (tertiary alicyclic amines) is 1. The van der Waals surface area contributed by atoms with E-state index >= 15 is 0 Å². The van der Waals surface area contributed by atoms with Gasteiger partial charge in [-0.05, 0) is 36.6 Å². The van der Waals surface area contributed by atoms with E-state index < -0.39 is 11.3 Å². The predicted molar refractivity (Wildman–Crippen MR) is 125 cm³/mol. The van der Waals surface area contributed by atoms with Crippen molar-refractivity contribution in [3.05, 3.63) is 56.1 Å². The Kier molecular flexibility index (Phi) is 8.07. The number of nitrogens with zero attached hydrogens (tertiary/aromatic N) is 2. The molecule has 1 unspecified atom stereocenters. The summed E-state index contributed by atoms with van der Waals surface area (Å²) in [5, 5.41) is 4.97. The fourth-order valence-corrected chi connectivity index (χ4v) is 4.88. The van der Waals surface area contributed by atoms with Crippen molar-refractivity contribution in [3.8, 4) is 0 Å². The Morgan fingerprint density at radius 3 is 2.35 bits per heavy atom. The second-order valence-electron chi connectivity index (χ2n) is 8.66. The Morgan fingerprint density at radius 2 is 1.77 bits per heavy atom. The van der Waals surface area contributed by atoms with E-state index in [0.29, 0.717) is 25.6 Å². The Bertz CT molecular complexity index is 941. The van der Waals surface area contributed by atoms with E-state index in [0.717, 1.165) is 37.0 Å². The molecule has 1 fully saturated rings. The molecule has 1 aliphatic rings. The van der Waals surface area contributed by atoms with Gasteiger partial charge in [0.2, 0.25) is 5.43 Å². The monoisotopic (exact) mass is 443 g/mol. The number of aromatic nitrogens is 1. The van der Waals surface area contributed by atoms with E-state index in [4.69, 9.17) is 0 Å². The smallest absolute Gasteiger partial charge is 0.259 e. The predicted octanol–water partition coefficient (Wildman–Crippen LogP) is 4.46. The largest absolute Gasteiger partial charge is 0.352 e. The molecule has 0 radical (unpaired) electrons. The van der Waals surface area contributed by atoms with Crippen LogP contribution >= 0.6 is 11.3 Å². The number of hydrogen-bond donors (Lipinski definition) is 1. The molecule has 2 aromatic heterocycles. The number of carbonyl (C=O) groups excluding carboxylic acids is 2. The van der Waals surface area contributed by atoms with Gasteiger partial charge in [-0.15, -0.1) is 11.3 Å². The van der Waals surface area contributed by atoms with Crippen LogP contribution in [0.1, 0.15) is 84.5 Å². The molecule has 1 N–H and O–H groups in total. The van der Waals surface area contributed by atoms with Crippen LogP contribution in [0.4, 0.5) is 0 Å². The summed E-state index contributed by atoms with van der Waals surface area (Å²) in [4.78, 5) is 42.4. The van der Waals surface area contributed by atoms with Crippen molar-refractivity contribution in [1.82, 2.24) is 14.8 Å². The van der Waals surface area contributed by atoms with Crippen LogP contribution in [-0.2, 0) is 6.54 Å². The average Bonchev–Trinajstić information content (AvgIpc) is 3.14. The summed E-state index contributed by atoms with van der Waals surface area (Å²) in [5.74, 6) is -0.369. The molecule has 0 spiro atoms. The molecular formula is C24H33N3O3S. The van der Waals surface area contributed by atoms with Crippen LogP contribution in [0.5, 0.6) is 0 Å². The maximum absolute atomic E-state index is 13.3. The first-order valence-corrected chi connectivity index (χ1v) is 12.2. The number of rotatable bonds is 7. The molecule has 1 aliphatic heterocycles. The fourth-order valence-electron chi connectivity index (χ4n) is 4.02. The van der Waals surface area contributed by atoms with Gasteiger partial charge in [0.15, 0.2) is 0 Å². The lowest BCUT2D eigenvalue weighted by Crippen LogP contribution is -2.39. The number of carbonyl (C=O) groups is 2. The molecule has 2 aromatic rings. The number of thiophene rings is 1. The van der Waals surface area contributed by atoms with Gasteiger partial charge < -0.3 is 14.8 Å². The molecule has 0 bridgehead atoms. The van der Waals surface area contributed by atoms with Crippen LogP contribution in [0.2, 0.25) is 0 Å². The number of amides is 2. The van der Waals surface area contributed by atoms with E-state index in [1.807, 2.05) is 29.0 Å². The Labute approximate surface area is 188 Å². The van der Waals surface area contributed by atoms with Crippen LogP contribution in [0.15, 0.2) is 34.7 Å². The highest BCUT2D eigenvalue weighted by atomic mass is 32.1. The standard InChI is InChI=1S/C24H33N3O3S/c1-4-20(21-10-9-13-31-21)25-23(29)18-15-26(14-17(2)3)16-19(22(18)28)24(30)27-11-7-5-6-8-12-27/h9-10,13,15-17,20H,4-8,11-12,14H2,1-3H3,(H,25,29). The van der Waals surface area contributed by atoms with Gasteiger partial charge >= 0.3 is 0 Å². The zero-order valence-electron chi connectivity index (χ0n) is 18.7. The highest BCUT2D eigenvalue weighted by molar-refractivity contribution is 7.10. The van der Waals surface area contributed by atoms with Crippen LogP contribution in [-0.4, -0.2) is 34.4 Å². The third kappa shape index (κ3) is 5.85. The summed E-state index contributed by atoms with van der Waals surface area (Å²) < 4.78 is 1.82. The van der Waals surface area contributed by atoms with Crippen molar-refractivity contribution >= 4 is 23.2 Å². The fraction of sp³-hybridized carbons (Fsp3) is 0.542. The second kappa shape index (κ2) is 10.8. The van der Waals surface area contributed by atoms with Gasteiger partial charge in [-0.2, -0.15) is 0 Å². The van der Waals surface area contributed by atoms with Crippen molar-refractivity contribution in [1.29, 1.82) is 0 Å². The normalized spacial score (nSPS) is 15.5. The van der Waals surface area contributed by atoms with Gasteiger partial charge in [-0.3, -0.25) is 14.4 Å². The summed E-state index contributed by atoms with van der Waals surface area (Å²) in [6.07, 6.45) is 8.05. The molecule has 168 valence electrons. The summed E-state index contributed by atoms with van der Waals surface area (Å²) in [7, 11) is 0. The van der Waals surface area contributed by atoms with Crippen molar-refractivity contribution in [2.45, 2.75) is 65.5 Å². The zero-order chi connectivity index (χ0) is 22.4. The highest BCUT2D eigenvalue weighted by Crippen LogP contribution is 2.22. The van der Waals surface area contributed by atoms with E-state index in [2.05, 4.69) is 19.2 Å². The zero-order valence-corrected chi connectivity index (χ0v) is 19.5. The molecule has 3 rings (SSSR count). The van der Waals surface area contributed by atoms with Gasteiger partial charge in [0.25, 0.3) is 11.8 Å². The van der Waals surface area contributed by atoms with Gasteiger partial charge in [0.1, 0.15) is 11.1 Å². The van der Waals surface area contributed by atoms with Crippen LogP contribution in [0.3, 0.4) is 0 Å². The lowest BCUT2D eigenvalue weighted by atomic mass is 10.1. The lowest BCUT2D eigenvalue weighted by molar-refractivity contribution is 0.0759. The average molecular weight is 444 g/mol. The molecule has 0 aliphatic carbocycles. The van der Waals surface area contributed by atoms with Gasteiger partial charge in [0, 0.05) is 36.9 Å². The lowest BCUT2D eigenvalue weighted by Gasteiger charge is -2.22. The van der Waals surface area contributed by atoms with Crippen molar-refractivity contribution in [2.24, 2.45) is 5.92 Å². The third-order valence-electron chi connectivity index (χ3n) is 5.62. The maximum atomic E-state index is 13.3. The minimum absolute atomic E-state index is 0.0383. The second-order valence-corrected chi connectivity index (χ2v) is 9.64. The van der Waals surface area contributed by atoms with Crippen LogP contribution < -0.4 is 10.7 Å².